The van der Waals surface area contributed by atoms with Crippen LogP contribution in [0.25, 0.3) is 0 Å². The molecule has 1 aliphatic heterocycles. The summed E-state index contributed by atoms with van der Waals surface area (Å²) in [5, 5.41) is 4.35. The Bertz CT molecular complexity index is 276. The molecule has 0 atom stereocenters. The van der Waals surface area contributed by atoms with Gasteiger partial charge in [-0.3, -0.25) is 4.68 Å². The zero-order valence-electron chi connectivity index (χ0n) is 7.58. The van der Waals surface area contributed by atoms with E-state index in [9.17, 15) is 0 Å². The Morgan fingerprint density at radius 2 is 2.42 bits per heavy atom. The quantitative estimate of drug-likeness (QED) is 0.662. The Balaban J connectivity index is 2.29. The number of ether oxygens (including phenoxy) is 1. The van der Waals surface area contributed by atoms with Crippen LogP contribution >= 0.6 is 0 Å². The number of hydrogen-bond donors (Lipinski definition) is 0. The summed E-state index contributed by atoms with van der Waals surface area (Å²) in [7, 11) is 0. The van der Waals surface area contributed by atoms with Gasteiger partial charge in [-0.1, -0.05) is 6.92 Å². The summed E-state index contributed by atoms with van der Waals surface area (Å²) in [5.41, 5.74) is 2.65. The first kappa shape index (κ1) is 7.80. The average Bonchev–Trinajstić information content (AvgIpc) is 2.29. The van der Waals surface area contributed by atoms with Gasteiger partial charge in [-0.05, 0) is 18.9 Å². The Hall–Kier alpha value is -0.830. The third kappa shape index (κ3) is 1.05. The van der Waals surface area contributed by atoms with E-state index in [1.165, 1.54) is 11.3 Å². The van der Waals surface area contributed by atoms with Crippen LogP contribution in [0.2, 0.25) is 0 Å². The predicted octanol–water partition coefficient (Wildman–Crippen LogP) is 1.33. The highest BCUT2D eigenvalue weighted by Crippen LogP contribution is 2.20. The first-order valence-corrected chi connectivity index (χ1v) is 4.43. The van der Waals surface area contributed by atoms with Crippen LogP contribution < -0.4 is 0 Å². The van der Waals surface area contributed by atoms with E-state index in [1.807, 2.05) is 6.20 Å². The maximum atomic E-state index is 5.14. The summed E-state index contributed by atoms with van der Waals surface area (Å²) in [6.07, 6.45) is 3.00. The van der Waals surface area contributed by atoms with Crippen molar-refractivity contribution in [3.8, 4) is 0 Å². The molecule has 0 unspecified atom stereocenters. The molecule has 2 heterocycles. The minimum atomic E-state index is 0.494. The molecule has 12 heavy (non-hydrogen) atoms. The minimum absolute atomic E-state index is 0.494. The fourth-order valence-corrected chi connectivity index (χ4v) is 1.59. The summed E-state index contributed by atoms with van der Waals surface area (Å²) in [5.74, 6) is 0. The molecule has 0 bridgehead atoms. The van der Waals surface area contributed by atoms with Crippen LogP contribution in [0.5, 0.6) is 0 Å². The Labute approximate surface area is 72.3 Å². The summed E-state index contributed by atoms with van der Waals surface area (Å²) in [4.78, 5) is 0. The predicted molar refractivity (Wildman–Crippen MR) is 46.2 cm³/mol. The molecule has 66 valence electrons. The molecule has 1 aromatic rings. The first-order valence-electron chi connectivity index (χ1n) is 4.43. The first-order chi connectivity index (χ1) is 5.83. The SMILES string of the molecule is CCc1c(C)cnn1C1COC1. The van der Waals surface area contributed by atoms with Gasteiger partial charge in [-0.2, -0.15) is 5.10 Å². The Morgan fingerprint density at radius 1 is 1.67 bits per heavy atom. The largest absolute Gasteiger partial charge is 0.377 e. The molecule has 2 rings (SSSR count). The second kappa shape index (κ2) is 2.90. The molecule has 3 nitrogen and oxygen atoms in total. The van der Waals surface area contributed by atoms with Crippen molar-refractivity contribution in [2.24, 2.45) is 0 Å². The van der Waals surface area contributed by atoms with Gasteiger partial charge in [0.05, 0.1) is 25.5 Å². The van der Waals surface area contributed by atoms with E-state index in [0.29, 0.717) is 6.04 Å². The zero-order valence-corrected chi connectivity index (χ0v) is 7.58. The smallest absolute Gasteiger partial charge is 0.0988 e. The van der Waals surface area contributed by atoms with Crippen LogP contribution in [0.15, 0.2) is 6.20 Å². The van der Waals surface area contributed by atoms with Gasteiger partial charge in [0, 0.05) is 5.69 Å². The molecule has 0 amide bonds. The Morgan fingerprint density at radius 3 is 2.92 bits per heavy atom. The molecule has 3 heteroatoms. The molecule has 0 radical (unpaired) electrons. The molecule has 1 aromatic heterocycles. The van der Waals surface area contributed by atoms with Crippen molar-refractivity contribution >= 4 is 0 Å². The van der Waals surface area contributed by atoms with Crippen LogP contribution in [-0.2, 0) is 11.2 Å². The van der Waals surface area contributed by atoms with Crippen molar-refractivity contribution in [2.45, 2.75) is 26.3 Å². The molecule has 0 spiro atoms. The second-order valence-electron chi connectivity index (χ2n) is 3.26. The normalized spacial score (nSPS) is 17.8. The van der Waals surface area contributed by atoms with Crippen LogP contribution in [0, 0.1) is 6.92 Å². The van der Waals surface area contributed by atoms with Crippen molar-refractivity contribution < 1.29 is 4.74 Å². The molecule has 0 aromatic carbocycles. The maximum absolute atomic E-state index is 5.14. The Kier molecular flexibility index (Phi) is 1.89. The van der Waals surface area contributed by atoms with Gasteiger partial charge in [0.1, 0.15) is 0 Å². The van der Waals surface area contributed by atoms with Gasteiger partial charge in [0.2, 0.25) is 0 Å². The van der Waals surface area contributed by atoms with Crippen molar-refractivity contribution in [2.75, 3.05) is 13.2 Å². The lowest BCUT2D eigenvalue weighted by Gasteiger charge is -2.27. The van der Waals surface area contributed by atoms with Crippen molar-refractivity contribution in [3.63, 3.8) is 0 Å². The van der Waals surface area contributed by atoms with E-state index in [0.717, 1.165) is 19.6 Å². The van der Waals surface area contributed by atoms with E-state index in [2.05, 4.69) is 23.6 Å². The molecule has 0 N–H and O–H groups in total. The van der Waals surface area contributed by atoms with Crippen LogP contribution in [0.3, 0.4) is 0 Å². The van der Waals surface area contributed by atoms with Crippen LogP contribution in [0.4, 0.5) is 0 Å². The van der Waals surface area contributed by atoms with E-state index >= 15 is 0 Å². The van der Waals surface area contributed by atoms with E-state index in [-0.39, 0.29) is 0 Å². The molecule has 1 aliphatic rings. The monoisotopic (exact) mass is 166 g/mol. The van der Waals surface area contributed by atoms with Crippen LogP contribution in [-0.4, -0.2) is 23.0 Å². The topological polar surface area (TPSA) is 27.1 Å². The number of aromatic nitrogens is 2. The third-order valence-corrected chi connectivity index (χ3v) is 2.41. The molecule has 0 aliphatic carbocycles. The molecular weight excluding hydrogens is 152 g/mol. The summed E-state index contributed by atoms with van der Waals surface area (Å²) in [6, 6.07) is 0.494. The number of aryl methyl sites for hydroxylation is 1. The van der Waals surface area contributed by atoms with Crippen molar-refractivity contribution in [1.82, 2.24) is 9.78 Å². The van der Waals surface area contributed by atoms with Gasteiger partial charge in [-0.25, -0.2) is 0 Å². The average molecular weight is 166 g/mol. The van der Waals surface area contributed by atoms with E-state index in [4.69, 9.17) is 4.74 Å². The molecule has 0 saturated carbocycles. The zero-order chi connectivity index (χ0) is 8.55. The summed E-state index contributed by atoms with van der Waals surface area (Å²) in [6.45, 7) is 5.93. The number of hydrogen-bond acceptors (Lipinski definition) is 2. The number of nitrogens with zero attached hydrogens (tertiary/aromatic N) is 2. The lowest BCUT2D eigenvalue weighted by molar-refractivity contribution is -0.0298. The third-order valence-electron chi connectivity index (χ3n) is 2.41. The van der Waals surface area contributed by atoms with E-state index in [1.54, 1.807) is 0 Å². The minimum Gasteiger partial charge on any atom is -0.377 e. The van der Waals surface area contributed by atoms with E-state index < -0.39 is 0 Å². The highest BCUT2D eigenvalue weighted by Gasteiger charge is 2.23. The van der Waals surface area contributed by atoms with Gasteiger partial charge in [0.25, 0.3) is 0 Å². The molecule has 1 fully saturated rings. The maximum Gasteiger partial charge on any atom is 0.0988 e. The highest BCUT2D eigenvalue weighted by atomic mass is 16.5. The fraction of sp³-hybridized carbons (Fsp3) is 0.667. The highest BCUT2D eigenvalue weighted by molar-refractivity contribution is 5.16. The van der Waals surface area contributed by atoms with Gasteiger partial charge in [0.15, 0.2) is 0 Å². The fourth-order valence-electron chi connectivity index (χ4n) is 1.59. The second-order valence-corrected chi connectivity index (χ2v) is 3.26. The lowest BCUT2D eigenvalue weighted by Crippen LogP contribution is -2.32. The molecule has 1 saturated heterocycles. The van der Waals surface area contributed by atoms with Gasteiger partial charge in [-0.15, -0.1) is 0 Å². The molecular formula is C9H14N2O. The van der Waals surface area contributed by atoms with Gasteiger partial charge < -0.3 is 4.74 Å². The van der Waals surface area contributed by atoms with Crippen LogP contribution in [0.1, 0.15) is 24.2 Å². The standard InChI is InChI=1S/C9H14N2O/c1-3-9-7(2)4-10-11(9)8-5-12-6-8/h4,8H,3,5-6H2,1-2H3. The lowest BCUT2D eigenvalue weighted by atomic mass is 10.2. The van der Waals surface area contributed by atoms with Gasteiger partial charge >= 0.3 is 0 Å². The van der Waals surface area contributed by atoms with Crippen molar-refractivity contribution in [3.05, 3.63) is 17.5 Å². The van der Waals surface area contributed by atoms with Crippen molar-refractivity contribution in [1.29, 1.82) is 0 Å². The number of rotatable bonds is 2. The summed E-state index contributed by atoms with van der Waals surface area (Å²) >= 11 is 0. The summed E-state index contributed by atoms with van der Waals surface area (Å²) < 4.78 is 7.25.